The van der Waals surface area contributed by atoms with Crippen LogP contribution < -0.4 is 5.48 Å². The van der Waals surface area contributed by atoms with E-state index in [1.165, 1.54) is 25.7 Å². The van der Waals surface area contributed by atoms with Gasteiger partial charge in [-0.2, -0.15) is 0 Å². The Kier molecular flexibility index (Phi) is 3.85. The minimum Gasteiger partial charge on any atom is -0.377 e. The molecule has 0 unspecified atom stereocenters. The molecule has 4 nitrogen and oxygen atoms in total. The fourth-order valence-corrected chi connectivity index (χ4v) is 3.64. The number of hydrogen-bond acceptors (Lipinski definition) is 3. The standard InChI is InChI=1S/C14H23NO3/c16-14(15-18-10-5-1-2-6-10)12-9-17-13-8-4-3-7-11(12)13/h10-13H,1-9H2,(H,15,16)/t11-,12-,13-/m1/s1. The number of carbonyl (C=O) groups is 1. The predicted octanol–water partition coefficient (Wildman–Crippen LogP) is 2.18. The van der Waals surface area contributed by atoms with Gasteiger partial charge in [0.2, 0.25) is 5.91 Å². The van der Waals surface area contributed by atoms with Crippen molar-refractivity contribution in [1.82, 2.24) is 5.48 Å². The molecule has 0 aromatic rings. The molecule has 1 heterocycles. The maximum absolute atomic E-state index is 12.1. The van der Waals surface area contributed by atoms with Crippen LogP contribution in [0.15, 0.2) is 0 Å². The van der Waals surface area contributed by atoms with Gasteiger partial charge in [-0.15, -0.1) is 0 Å². The van der Waals surface area contributed by atoms with Crippen LogP contribution in [0.25, 0.3) is 0 Å². The molecular formula is C14H23NO3. The number of hydrogen-bond donors (Lipinski definition) is 1. The van der Waals surface area contributed by atoms with Crippen molar-refractivity contribution >= 4 is 5.91 Å². The molecule has 0 spiro atoms. The van der Waals surface area contributed by atoms with Gasteiger partial charge in [-0.05, 0) is 31.6 Å². The van der Waals surface area contributed by atoms with E-state index in [-0.39, 0.29) is 17.9 Å². The summed E-state index contributed by atoms with van der Waals surface area (Å²) in [6.45, 7) is 0.579. The summed E-state index contributed by atoms with van der Waals surface area (Å²) in [5.74, 6) is 0.471. The lowest BCUT2D eigenvalue weighted by atomic mass is 9.80. The van der Waals surface area contributed by atoms with Gasteiger partial charge >= 0.3 is 0 Å². The van der Waals surface area contributed by atoms with E-state index in [1.54, 1.807) is 0 Å². The topological polar surface area (TPSA) is 47.6 Å². The molecule has 3 rings (SSSR count). The lowest BCUT2D eigenvalue weighted by molar-refractivity contribution is -0.143. The second kappa shape index (κ2) is 5.57. The van der Waals surface area contributed by atoms with Crippen LogP contribution in [0.5, 0.6) is 0 Å². The average Bonchev–Trinajstić information content (AvgIpc) is 3.05. The van der Waals surface area contributed by atoms with E-state index in [0.717, 1.165) is 25.7 Å². The zero-order valence-corrected chi connectivity index (χ0v) is 10.9. The maximum Gasteiger partial charge on any atom is 0.249 e. The largest absolute Gasteiger partial charge is 0.377 e. The van der Waals surface area contributed by atoms with Gasteiger partial charge in [0, 0.05) is 0 Å². The summed E-state index contributed by atoms with van der Waals surface area (Å²) in [7, 11) is 0. The third-order valence-corrected chi connectivity index (χ3v) is 4.73. The molecule has 1 aliphatic heterocycles. The number of rotatable bonds is 3. The van der Waals surface area contributed by atoms with Crippen LogP contribution in [0.2, 0.25) is 0 Å². The molecule has 4 heteroatoms. The van der Waals surface area contributed by atoms with Gasteiger partial charge in [-0.25, -0.2) is 5.48 Å². The summed E-state index contributed by atoms with van der Waals surface area (Å²) in [5.41, 5.74) is 2.68. The van der Waals surface area contributed by atoms with Crippen LogP contribution in [0.3, 0.4) is 0 Å². The zero-order valence-electron chi connectivity index (χ0n) is 10.9. The Balaban J connectivity index is 1.49. The van der Waals surface area contributed by atoms with Crippen LogP contribution >= 0.6 is 0 Å². The van der Waals surface area contributed by atoms with E-state index in [1.807, 2.05) is 0 Å². The molecular weight excluding hydrogens is 230 g/mol. The van der Waals surface area contributed by atoms with Crippen molar-refractivity contribution in [1.29, 1.82) is 0 Å². The van der Waals surface area contributed by atoms with E-state index in [4.69, 9.17) is 9.57 Å². The highest BCUT2D eigenvalue weighted by molar-refractivity contribution is 5.78. The first-order valence-electron chi connectivity index (χ1n) is 7.41. The molecule has 3 aliphatic rings. The van der Waals surface area contributed by atoms with Crippen molar-refractivity contribution in [2.75, 3.05) is 6.61 Å². The first kappa shape index (κ1) is 12.4. The van der Waals surface area contributed by atoms with Crippen molar-refractivity contribution in [3.8, 4) is 0 Å². The molecule has 18 heavy (non-hydrogen) atoms. The van der Waals surface area contributed by atoms with Crippen LogP contribution in [-0.4, -0.2) is 24.7 Å². The Bertz CT molecular complexity index is 301. The summed E-state index contributed by atoms with van der Waals surface area (Å²) in [6, 6.07) is 0. The number of nitrogens with one attached hydrogen (secondary N) is 1. The van der Waals surface area contributed by atoms with E-state index in [9.17, 15) is 4.79 Å². The van der Waals surface area contributed by atoms with Crippen molar-refractivity contribution in [2.45, 2.75) is 63.6 Å². The van der Waals surface area contributed by atoms with E-state index in [2.05, 4.69) is 5.48 Å². The van der Waals surface area contributed by atoms with Gasteiger partial charge in [-0.3, -0.25) is 9.63 Å². The molecule has 2 saturated carbocycles. The molecule has 1 N–H and O–H groups in total. The predicted molar refractivity (Wildman–Crippen MR) is 66.7 cm³/mol. The van der Waals surface area contributed by atoms with Gasteiger partial charge in [0.25, 0.3) is 0 Å². The average molecular weight is 253 g/mol. The molecule has 102 valence electrons. The molecule has 0 aromatic heterocycles. The molecule has 2 aliphatic carbocycles. The number of ether oxygens (including phenoxy) is 1. The quantitative estimate of drug-likeness (QED) is 0.784. The van der Waals surface area contributed by atoms with E-state index >= 15 is 0 Å². The number of hydroxylamine groups is 1. The minimum absolute atomic E-state index is 0.0108. The monoisotopic (exact) mass is 253 g/mol. The molecule has 1 amide bonds. The maximum atomic E-state index is 12.1. The molecule has 0 aromatic carbocycles. The molecule has 3 fully saturated rings. The normalized spacial score (nSPS) is 36.6. The SMILES string of the molecule is O=C(NOC1CCCC1)[C@@H]1CO[C@@H]2CCCC[C@@H]21. The van der Waals surface area contributed by atoms with Crippen molar-refractivity contribution < 1.29 is 14.4 Å². The number of fused-ring (bicyclic) bond motifs is 1. The Morgan fingerprint density at radius 3 is 2.61 bits per heavy atom. The second-order valence-electron chi connectivity index (χ2n) is 5.92. The highest BCUT2D eigenvalue weighted by atomic mass is 16.7. The molecule has 1 saturated heterocycles. The van der Waals surface area contributed by atoms with Gasteiger partial charge in [0.05, 0.1) is 24.7 Å². The van der Waals surface area contributed by atoms with Crippen LogP contribution in [-0.2, 0) is 14.4 Å². The molecule has 3 atom stereocenters. The Morgan fingerprint density at radius 2 is 1.78 bits per heavy atom. The summed E-state index contributed by atoms with van der Waals surface area (Å²) < 4.78 is 5.75. The minimum atomic E-state index is 0.0108. The first-order valence-corrected chi connectivity index (χ1v) is 7.41. The molecule has 0 radical (unpaired) electrons. The molecule has 0 bridgehead atoms. The smallest absolute Gasteiger partial charge is 0.249 e. The lowest BCUT2D eigenvalue weighted by Gasteiger charge is -2.26. The van der Waals surface area contributed by atoms with Crippen molar-refractivity contribution in [3.63, 3.8) is 0 Å². The summed E-state index contributed by atoms with van der Waals surface area (Å²) >= 11 is 0. The third-order valence-electron chi connectivity index (χ3n) is 4.73. The fraction of sp³-hybridized carbons (Fsp3) is 0.929. The highest BCUT2D eigenvalue weighted by Gasteiger charge is 2.42. The summed E-state index contributed by atoms with van der Waals surface area (Å²) in [4.78, 5) is 17.6. The van der Waals surface area contributed by atoms with Gasteiger partial charge in [-0.1, -0.05) is 25.7 Å². The van der Waals surface area contributed by atoms with Crippen molar-refractivity contribution in [2.24, 2.45) is 11.8 Å². The Hall–Kier alpha value is -0.610. The van der Waals surface area contributed by atoms with Crippen LogP contribution in [0, 0.1) is 11.8 Å². The number of amides is 1. The second-order valence-corrected chi connectivity index (χ2v) is 5.92. The van der Waals surface area contributed by atoms with Crippen LogP contribution in [0.1, 0.15) is 51.4 Å². The number of carbonyl (C=O) groups excluding carboxylic acids is 1. The van der Waals surface area contributed by atoms with E-state index in [0.29, 0.717) is 18.6 Å². The van der Waals surface area contributed by atoms with E-state index < -0.39 is 0 Å². The van der Waals surface area contributed by atoms with Gasteiger partial charge in [0.1, 0.15) is 0 Å². The first-order chi connectivity index (χ1) is 8.84. The van der Waals surface area contributed by atoms with Crippen molar-refractivity contribution in [3.05, 3.63) is 0 Å². The third kappa shape index (κ3) is 2.54. The van der Waals surface area contributed by atoms with Crippen LogP contribution in [0.4, 0.5) is 0 Å². The Labute approximate surface area is 108 Å². The van der Waals surface area contributed by atoms with Gasteiger partial charge < -0.3 is 4.74 Å². The highest BCUT2D eigenvalue weighted by Crippen LogP contribution is 2.38. The lowest BCUT2D eigenvalue weighted by Crippen LogP contribution is -2.38. The van der Waals surface area contributed by atoms with Gasteiger partial charge in [0.15, 0.2) is 0 Å². The Morgan fingerprint density at radius 1 is 1.06 bits per heavy atom. The summed E-state index contributed by atoms with van der Waals surface area (Å²) in [5, 5.41) is 0. The fourth-order valence-electron chi connectivity index (χ4n) is 3.64. The summed E-state index contributed by atoms with van der Waals surface area (Å²) in [6.07, 6.45) is 9.88. The zero-order chi connectivity index (χ0) is 12.4.